The van der Waals surface area contributed by atoms with E-state index >= 15 is 0 Å². The van der Waals surface area contributed by atoms with Crippen molar-refractivity contribution in [2.45, 2.75) is 18.5 Å². The zero-order valence-electron chi connectivity index (χ0n) is 13.1. The predicted molar refractivity (Wildman–Crippen MR) is 82.1 cm³/mol. The van der Waals surface area contributed by atoms with Crippen LogP contribution in [0.5, 0.6) is 0 Å². The molecule has 1 aromatic carbocycles. The summed E-state index contributed by atoms with van der Waals surface area (Å²) in [6.07, 6.45) is 3.42. The van der Waals surface area contributed by atoms with Crippen LogP contribution in [-0.4, -0.2) is 41.1 Å². The number of rotatable bonds is 5. The van der Waals surface area contributed by atoms with Crippen LogP contribution in [0.4, 0.5) is 13.2 Å². The van der Waals surface area contributed by atoms with Crippen LogP contribution >= 0.6 is 0 Å². The lowest BCUT2D eigenvalue weighted by atomic mass is 10.0. The first-order valence-electron chi connectivity index (χ1n) is 7.40. The number of carbonyl (C=O) groups is 2. The van der Waals surface area contributed by atoms with E-state index in [0.29, 0.717) is 0 Å². The van der Waals surface area contributed by atoms with Gasteiger partial charge < -0.3 is 14.7 Å². The average molecular weight is 355 g/mol. The standard InChI is InChI=1S/C17H16F3NO4/c1-2-3-15(22)21-11(4-5-16(23)24)8-25-9-14(21)10-6-12(18)17(20)13(19)7-10/h2,4-7,11,14H,1,3,8-9H2,(H,23,24)/b5-4+/t11-,14-/m0/s1. The van der Waals surface area contributed by atoms with Crippen molar-refractivity contribution in [1.29, 1.82) is 0 Å². The fourth-order valence-electron chi connectivity index (χ4n) is 2.65. The van der Waals surface area contributed by atoms with Crippen molar-refractivity contribution in [2.24, 2.45) is 0 Å². The quantitative estimate of drug-likeness (QED) is 0.501. The predicted octanol–water partition coefficient (Wildman–Crippen LogP) is 2.59. The maximum absolute atomic E-state index is 13.6. The average Bonchev–Trinajstić information content (AvgIpc) is 2.57. The van der Waals surface area contributed by atoms with Crippen molar-refractivity contribution in [3.05, 3.63) is 60.0 Å². The molecule has 0 spiro atoms. The van der Waals surface area contributed by atoms with E-state index < -0.39 is 41.4 Å². The Kier molecular flexibility index (Phi) is 5.97. The summed E-state index contributed by atoms with van der Waals surface area (Å²) in [6.45, 7) is 3.43. The van der Waals surface area contributed by atoms with Crippen molar-refractivity contribution >= 4 is 11.9 Å². The monoisotopic (exact) mass is 355 g/mol. The Bertz CT molecular complexity index is 697. The van der Waals surface area contributed by atoms with Gasteiger partial charge in [0, 0.05) is 12.5 Å². The molecule has 5 nitrogen and oxygen atoms in total. The first kappa shape index (κ1) is 18.7. The Balaban J connectivity index is 2.44. The van der Waals surface area contributed by atoms with E-state index in [4.69, 9.17) is 9.84 Å². The van der Waals surface area contributed by atoms with E-state index in [1.807, 2.05) is 0 Å². The molecular weight excluding hydrogens is 339 g/mol. The number of halogens is 3. The number of carboxylic acids is 1. The lowest BCUT2D eigenvalue weighted by molar-refractivity contribution is -0.143. The van der Waals surface area contributed by atoms with E-state index in [2.05, 4.69) is 6.58 Å². The molecule has 2 atom stereocenters. The molecule has 1 fully saturated rings. The number of nitrogens with zero attached hydrogens (tertiary/aromatic N) is 1. The van der Waals surface area contributed by atoms with Crippen molar-refractivity contribution in [3.63, 3.8) is 0 Å². The summed E-state index contributed by atoms with van der Waals surface area (Å²) in [6, 6.07) is -0.0545. The molecule has 1 aliphatic rings. The molecule has 0 radical (unpaired) electrons. The fourth-order valence-corrected chi connectivity index (χ4v) is 2.65. The number of carbonyl (C=O) groups excluding carboxylic acids is 1. The second-order valence-corrected chi connectivity index (χ2v) is 5.41. The maximum atomic E-state index is 13.6. The number of carboxylic acid groups (broad SMARTS) is 1. The number of benzene rings is 1. The van der Waals surface area contributed by atoms with Crippen LogP contribution in [0.1, 0.15) is 18.0 Å². The molecule has 1 heterocycles. The molecule has 8 heteroatoms. The smallest absolute Gasteiger partial charge is 0.328 e. The minimum atomic E-state index is -1.60. The van der Waals surface area contributed by atoms with Gasteiger partial charge in [0.15, 0.2) is 17.5 Å². The Morgan fingerprint density at radius 1 is 1.28 bits per heavy atom. The molecule has 1 N–H and O–H groups in total. The van der Waals surface area contributed by atoms with Crippen molar-refractivity contribution < 1.29 is 32.6 Å². The zero-order chi connectivity index (χ0) is 18.6. The third-order valence-electron chi connectivity index (χ3n) is 3.72. The highest BCUT2D eigenvalue weighted by Crippen LogP contribution is 2.30. The number of morpholine rings is 1. The molecular formula is C17H16F3NO4. The first-order chi connectivity index (χ1) is 11.8. The van der Waals surface area contributed by atoms with Gasteiger partial charge in [-0.1, -0.05) is 12.2 Å². The minimum Gasteiger partial charge on any atom is -0.478 e. The molecule has 0 unspecified atom stereocenters. The highest BCUT2D eigenvalue weighted by Gasteiger charge is 2.35. The van der Waals surface area contributed by atoms with E-state index in [9.17, 15) is 22.8 Å². The van der Waals surface area contributed by atoms with Crippen LogP contribution in [0.15, 0.2) is 36.9 Å². The highest BCUT2D eigenvalue weighted by atomic mass is 19.2. The molecule has 25 heavy (non-hydrogen) atoms. The number of hydrogen-bond donors (Lipinski definition) is 1. The molecule has 1 saturated heterocycles. The van der Waals surface area contributed by atoms with Crippen LogP contribution in [0, 0.1) is 17.5 Å². The molecule has 134 valence electrons. The van der Waals surface area contributed by atoms with E-state index in [0.717, 1.165) is 18.2 Å². The van der Waals surface area contributed by atoms with E-state index in [1.165, 1.54) is 17.1 Å². The topological polar surface area (TPSA) is 66.8 Å². The number of amides is 1. The molecule has 0 saturated carbocycles. The third kappa shape index (κ3) is 4.27. The van der Waals surface area contributed by atoms with E-state index in [-0.39, 0.29) is 25.2 Å². The Hall–Kier alpha value is -2.61. The number of hydrogen-bond acceptors (Lipinski definition) is 3. The lowest BCUT2D eigenvalue weighted by Gasteiger charge is -2.41. The fraction of sp³-hybridized carbons (Fsp3) is 0.294. The van der Waals surface area contributed by atoms with Gasteiger partial charge in [0.05, 0.1) is 25.3 Å². The Morgan fingerprint density at radius 2 is 1.92 bits per heavy atom. The molecule has 0 aliphatic carbocycles. The highest BCUT2D eigenvalue weighted by molar-refractivity contribution is 5.81. The van der Waals surface area contributed by atoms with E-state index in [1.54, 1.807) is 0 Å². The zero-order valence-corrected chi connectivity index (χ0v) is 13.1. The summed E-state index contributed by atoms with van der Waals surface area (Å²) < 4.78 is 45.6. The van der Waals surface area contributed by atoms with Crippen LogP contribution in [0.25, 0.3) is 0 Å². The molecule has 2 rings (SSSR count). The van der Waals surface area contributed by atoms with Crippen molar-refractivity contribution in [1.82, 2.24) is 4.90 Å². The van der Waals surface area contributed by atoms with Gasteiger partial charge in [0.2, 0.25) is 5.91 Å². The summed E-state index contributed by atoms with van der Waals surface area (Å²) in [5.41, 5.74) is 0.0160. The number of aliphatic carboxylic acids is 1. The van der Waals surface area contributed by atoms with Crippen molar-refractivity contribution in [2.75, 3.05) is 13.2 Å². The normalized spacial score (nSPS) is 20.7. The molecule has 1 amide bonds. The molecule has 0 aromatic heterocycles. The summed E-state index contributed by atoms with van der Waals surface area (Å²) in [7, 11) is 0. The van der Waals surface area contributed by atoms with Gasteiger partial charge in [-0.3, -0.25) is 4.79 Å². The van der Waals surface area contributed by atoms with Gasteiger partial charge in [-0.15, -0.1) is 6.58 Å². The van der Waals surface area contributed by atoms with Gasteiger partial charge in [-0.2, -0.15) is 0 Å². The molecule has 1 aromatic rings. The summed E-state index contributed by atoms with van der Waals surface area (Å²) >= 11 is 0. The number of ether oxygens (including phenoxy) is 1. The third-order valence-corrected chi connectivity index (χ3v) is 3.72. The summed E-state index contributed by atoms with van der Waals surface area (Å²) in [5, 5.41) is 8.77. The molecule has 1 aliphatic heterocycles. The van der Waals surface area contributed by atoms with Gasteiger partial charge in [0.25, 0.3) is 0 Å². The lowest BCUT2D eigenvalue weighted by Crippen LogP contribution is -2.49. The van der Waals surface area contributed by atoms with Crippen LogP contribution in [0.3, 0.4) is 0 Å². The second kappa shape index (κ2) is 7.98. The Morgan fingerprint density at radius 3 is 2.48 bits per heavy atom. The molecule has 0 bridgehead atoms. The Labute approximate surface area is 142 Å². The van der Waals surface area contributed by atoms with Crippen LogP contribution in [0.2, 0.25) is 0 Å². The summed E-state index contributed by atoms with van der Waals surface area (Å²) in [4.78, 5) is 24.4. The maximum Gasteiger partial charge on any atom is 0.328 e. The van der Waals surface area contributed by atoms with Gasteiger partial charge >= 0.3 is 5.97 Å². The van der Waals surface area contributed by atoms with Gasteiger partial charge in [-0.25, -0.2) is 18.0 Å². The SMILES string of the molecule is C=CCC(=O)N1[C@@H](/C=C/C(=O)O)COC[C@H]1c1cc(F)c(F)c(F)c1. The first-order valence-corrected chi connectivity index (χ1v) is 7.40. The largest absolute Gasteiger partial charge is 0.478 e. The minimum absolute atomic E-state index is 0.0160. The summed E-state index contributed by atoms with van der Waals surface area (Å²) in [5.74, 6) is -6.00. The van der Waals surface area contributed by atoms with Gasteiger partial charge in [0.1, 0.15) is 0 Å². The second-order valence-electron chi connectivity index (χ2n) is 5.41. The van der Waals surface area contributed by atoms with Crippen molar-refractivity contribution in [3.8, 4) is 0 Å². The van der Waals surface area contributed by atoms with Crippen LogP contribution < -0.4 is 0 Å². The van der Waals surface area contributed by atoms with Gasteiger partial charge in [-0.05, 0) is 17.7 Å². The van der Waals surface area contributed by atoms with Crippen LogP contribution in [-0.2, 0) is 14.3 Å².